The fourth-order valence-corrected chi connectivity index (χ4v) is 4.02. The van der Waals surface area contributed by atoms with E-state index >= 15 is 0 Å². The van der Waals surface area contributed by atoms with Crippen molar-refractivity contribution >= 4 is 29.0 Å². The molecule has 2 N–H and O–H groups in total. The molecule has 176 valence electrons. The van der Waals surface area contributed by atoms with Crippen LogP contribution in [0.2, 0.25) is 5.02 Å². The number of hydrogen-bond acceptors (Lipinski definition) is 6. The van der Waals surface area contributed by atoms with Crippen molar-refractivity contribution in [3.8, 4) is 17.0 Å². The first kappa shape index (κ1) is 23.7. The van der Waals surface area contributed by atoms with E-state index in [1.807, 2.05) is 31.2 Å². The van der Waals surface area contributed by atoms with Gasteiger partial charge in [-0.1, -0.05) is 17.7 Å². The maximum atomic E-state index is 12.4. The predicted octanol–water partition coefficient (Wildman–Crippen LogP) is 4.91. The summed E-state index contributed by atoms with van der Waals surface area (Å²) in [7, 11) is 0. The van der Waals surface area contributed by atoms with Crippen LogP contribution in [0.15, 0.2) is 55.0 Å². The summed E-state index contributed by atoms with van der Waals surface area (Å²) in [5.74, 6) is 0.769. The summed E-state index contributed by atoms with van der Waals surface area (Å²) < 4.78 is 5.74. The second-order valence-electron chi connectivity index (χ2n) is 8.32. The Balaban J connectivity index is 1.55. The van der Waals surface area contributed by atoms with E-state index in [1.165, 1.54) is 6.20 Å². The van der Waals surface area contributed by atoms with Gasteiger partial charge in [-0.05, 0) is 74.1 Å². The average Bonchev–Trinajstić information content (AvgIpc) is 3.68. The first-order chi connectivity index (χ1) is 16.5. The molecule has 1 aliphatic rings. The van der Waals surface area contributed by atoms with Gasteiger partial charge in [0, 0.05) is 30.7 Å². The number of ketones is 1. The minimum atomic E-state index is -0.212. The number of carbonyl (C=O) groups is 2. The molecule has 1 amide bonds. The predicted molar refractivity (Wildman–Crippen MR) is 132 cm³/mol. The zero-order valence-corrected chi connectivity index (χ0v) is 19.9. The van der Waals surface area contributed by atoms with Crippen molar-refractivity contribution in [1.82, 2.24) is 15.3 Å². The van der Waals surface area contributed by atoms with E-state index in [-0.39, 0.29) is 17.7 Å². The van der Waals surface area contributed by atoms with E-state index in [0.717, 1.165) is 35.2 Å². The van der Waals surface area contributed by atoms with Gasteiger partial charge in [0.15, 0.2) is 5.78 Å². The second kappa shape index (κ2) is 10.7. The Morgan fingerprint density at radius 3 is 2.68 bits per heavy atom. The third kappa shape index (κ3) is 5.72. The number of rotatable bonds is 10. The van der Waals surface area contributed by atoms with Crippen molar-refractivity contribution < 1.29 is 14.3 Å². The molecular formula is C26H27ClN4O3. The lowest BCUT2D eigenvalue weighted by Crippen LogP contribution is -2.29. The summed E-state index contributed by atoms with van der Waals surface area (Å²) in [6.07, 6.45) is 6.94. The highest BCUT2D eigenvalue weighted by Crippen LogP contribution is 2.38. The zero-order valence-electron chi connectivity index (χ0n) is 19.2. The van der Waals surface area contributed by atoms with Crippen LogP contribution in [0.25, 0.3) is 11.1 Å². The van der Waals surface area contributed by atoms with Gasteiger partial charge in [-0.3, -0.25) is 14.6 Å². The Morgan fingerprint density at radius 1 is 1.21 bits per heavy atom. The van der Waals surface area contributed by atoms with Crippen LogP contribution in [0, 0.1) is 5.92 Å². The Bertz CT molecular complexity index is 1180. The van der Waals surface area contributed by atoms with Gasteiger partial charge < -0.3 is 15.4 Å². The average molecular weight is 479 g/mol. The highest BCUT2D eigenvalue weighted by molar-refractivity contribution is 6.33. The third-order valence-corrected chi connectivity index (χ3v) is 6.00. The lowest BCUT2D eigenvalue weighted by atomic mass is 10.0. The smallest absolute Gasteiger partial charge is 0.253 e. The molecule has 0 aliphatic heterocycles. The number of amides is 1. The van der Waals surface area contributed by atoms with Gasteiger partial charge >= 0.3 is 0 Å². The van der Waals surface area contributed by atoms with Crippen LogP contribution in [0.3, 0.4) is 0 Å². The minimum absolute atomic E-state index is 0.117. The fraction of sp³-hybridized carbons (Fsp3) is 0.308. The largest absolute Gasteiger partial charge is 0.478 e. The summed E-state index contributed by atoms with van der Waals surface area (Å²) in [4.78, 5) is 32.8. The first-order valence-corrected chi connectivity index (χ1v) is 11.7. The summed E-state index contributed by atoms with van der Waals surface area (Å²) in [5, 5.41) is 6.71. The standard InChI is InChI=1S/C26H27ClN4O3/c1-3-34-26-21(11-17(14-30-26)13-29-25(33)20-5-4-10-28-15-20)19-8-9-23(22(27)12-19)31-24(16(2)32)18-6-7-18/h4-5,8-12,14-15,18,24,31H,3,6-7,13H2,1-2H3,(H,29,33). The number of hydrogen-bond donors (Lipinski definition) is 2. The number of nitrogens with one attached hydrogen (secondary N) is 2. The summed E-state index contributed by atoms with van der Waals surface area (Å²) >= 11 is 6.59. The van der Waals surface area contributed by atoms with Crippen molar-refractivity contribution in [3.63, 3.8) is 0 Å². The third-order valence-electron chi connectivity index (χ3n) is 5.69. The molecule has 1 unspecified atom stereocenters. The van der Waals surface area contributed by atoms with Crippen LogP contribution >= 0.6 is 11.6 Å². The number of nitrogens with zero attached hydrogens (tertiary/aromatic N) is 2. The zero-order chi connectivity index (χ0) is 24.1. The molecule has 2 aromatic heterocycles. The lowest BCUT2D eigenvalue weighted by molar-refractivity contribution is -0.118. The molecule has 1 aliphatic carbocycles. The Kier molecular flexibility index (Phi) is 7.43. The fourth-order valence-electron chi connectivity index (χ4n) is 3.78. The summed E-state index contributed by atoms with van der Waals surface area (Å²) in [6.45, 7) is 4.27. The molecule has 4 rings (SSSR count). The van der Waals surface area contributed by atoms with Gasteiger partial charge in [0.2, 0.25) is 5.88 Å². The van der Waals surface area contributed by atoms with E-state index in [0.29, 0.717) is 35.5 Å². The van der Waals surface area contributed by atoms with Crippen molar-refractivity contribution in [3.05, 3.63) is 71.1 Å². The quantitative estimate of drug-likeness (QED) is 0.430. The van der Waals surface area contributed by atoms with Crippen LogP contribution in [0.5, 0.6) is 5.88 Å². The minimum Gasteiger partial charge on any atom is -0.478 e. The lowest BCUT2D eigenvalue weighted by Gasteiger charge is -2.18. The van der Waals surface area contributed by atoms with Gasteiger partial charge in [0.25, 0.3) is 5.91 Å². The summed E-state index contributed by atoms with van der Waals surface area (Å²) in [5.41, 5.74) is 3.64. The number of benzene rings is 1. The molecule has 3 aromatic rings. The number of ether oxygens (including phenoxy) is 1. The van der Waals surface area contributed by atoms with Gasteiger partial charge in [0.1, 0.15) is 0 Å². The van der Waals surface area contributed by atoms with E-state index in [1.54, 1.807) is 31.5 Å². The van der Waals surface area contributed by atoms with Crippen LogP contribution in [0.4, 0.5) is 5.69 Å². The number of Topliss-reactive ketones (excluding diaryl/α,β-unsaturated/α-hetero) is 1. The Hall–Kier alpha value is -3.45. The topological polar surface area (TPSA) is 93.2 Å². The molecule has 8 heteroatoms. The molecule has 0 radical (unpaired) electrons. The molecule has 0 spiro atoms. The molecule has 34 heavy (non-hydrogen) atoms. The van der Waals surface area contributed by atoms with E-state index in [9.17, 15) is 9.59 Å². The molecule has 1 aromatic carbocycles. The van der Waals surface area contributed by atoms with Crippen molar-refractivity contribution in [2.75, 3.05) is 11.9 Å². The molecule has 1 atom stereocenters. The molecule has 1 saturated carbocycles. The SMILES string of the molecule is CCOc1ncc(CNC(=O)c2cccnc2)cc1-c1ccc(NC(C(C)=O)C2CC2)c(Cl)c1. The molecule has 2 heterocycles. The van der Waals surface area contributed by atoms with Crippen molar-refractivity contribution in [1.29, 1.82) is 0 Å². The monoisotopic (exact) mass is 478 g/mol. The maximum Gasteiger partial charge on any atom is 0.253 e. The van der Waals surface area contributed by atoms with Crippen LogP contribution in [-0.2, 0) is 11.3 Å². The highest BCUT2D eigenvalue weighted by Gasteiger charge is 2.34. The summed E-state index contributed by atoms with van der Waals surface area (Å²) in [6, 6.07) is 10.8. The maximum absolute atomic E-state index is 12.4. The van der Waals surface area contributed by atoms with Gasteiger partial charge in [-0.25, -0.2) is 4.98 Å². The highest BCUT2D eigenvalue weighted by atomic mass is 35.5. The van der Waals surface area contributed by atoms with Gasteiger partial charge in [-0.2, -0.15) is 0 Å². The van der Waals surface area contributed by atoms with E-state index < -0.39 is 0 Å². The number of carbonyl (C=O) groups excluding carboxylic acids is 2. The molecule has 7 nitrogen and oxygen atoms in total. The van der Waals surface area contributed by atoms with Crippen LogP contribution in [-0.4, -0.2) is 34.3 Å². The van der Waals surface area contributed by atoms with Crippen LogP contribution in [0.1, 0.15) is 42.6 Å². The van der Waals surface area contributed by atoms with E-state index in [4.69, 9.17) is 16.3 Å². The Labute approximate surface area is 203 Å². The molecular weight excluding hydrogens is 452 g/mol. The van der Waals surface area contributed by atoms with Gasteiger partial charge in [-0.15, -0.1) is 0 Å². The van der Waals surface area contributed by atoms with Gasteiger partial charge in [0.05, 0.1) is 28.9 Å². The molecule has 0 bridgehead atoms. The number of halogens is 1. The second-order valence-corrected chi connectivity index (χ2v) is 8.73. The van der Waals surface area contributed by atoms with Crippen molar-refractivity contribution in [2.24, 2.45) is 5.92 Å². The molecule has 0 saturated heterocycles. The number of anilines is 1. The van der Waals surface area contributed by atoms with E-state index in [2.05, 4.69) is 20.6 Å². The Morgan fingerprint density at radius 2 is 2.03 bits per heavy atom. The van der Waals surface area contributed by atoms with Crippen molar-refractivity contribution in [2.45, 2.75) is 39.3 Å². The van der Waals surface area contributed by atoms with Crippen LogP contribution < -0.4 is 15.4 Å². The molecule has 1 fully saturated rings. The number of pyridine rings is 2. The first-order valence-electron chi connectivity index (χ1n) is 11.3. The number of aromatic nitrogens is 2. The normalized spacial score (nSPS) is 13.7.